The molecule has 0 aliphatic rings. The minimum absolute atomic E-state index is 0.759. The third kappa shape index (κ3) is 11.0. The Morgan fingerprint density at radius 3 is 0.348 bits per heavy atom. The molecule has 0 unspecified atom stereocenters. The quantitative estimate of drug-likeness (QED) is 0.134. The highest BCUT2D eigenvalue weighted by atomic mass is 14.1. The molecule has 0 atom stereocenters. The lowest BCUT2D eigenvalue weighted by atomic mass is 10.0. The van der Waals surface area contributed by atoms with Crippen LogP contribution in [0.3, 0.4) is 0 Å². The van der Waals surface area contributed by atoms with E-state index in [0.717, 1.165) is 89.0 Å². The van der Waals surface area contributed by atoms with E-state index in [2.05, 4.69) is 94.7 Å². The second-order valence-corrected chi connectivity index (χ2v) is 14.4. The van der Waals surface area contributed by atoms with Gasteiger partial charge < -0.3 is 0 Å². The lowest BCUT2D eigenvalue weighted by Crippen LogP contribution is -1.88. The van der Waals surface area contributed by atoms with E-state index in [4.69, 9.17) is 12.8 Å². The average Bonchev–Trinajstić information content (AvgIpc) is 3.38. The van der Waals surface area contributed by atoms with Gasteiger partial charge in [0.1, 0.15) is 0 Å². The van der Waals surface area contributed by atoms with Crippen molar-refractivity contribution in [2.45, 2.75) is 0 Å². The van der Waals surface area contributed by atoms with Gasteiger partial charge in [0.2, 0.25) is 0 Å². The van der Waals surface area contributed by atoms with Crippen molar-refractivity contribution in [3.8, 4) is 108 Å². The van der Waals surface area contributed by atoms with Gasteiger partial charge in [-0.2, -0.15) is 0 Å². The van der Waals surface area contributed by atoms with Gasteiger partial charge >= 0.3 is 0 Å². The second kappa shape index (κ2) is 21.5. The molecule has 0 aliphatic heterocycles. The maximum Gasteiger partial charge on any atom is 0.0405 e. The summed E-state index contributed by atoms with van der Waals surface area (Å²) in [5, 5.41) is 0. The normalized spacial score (nSPS) is 9.24. The zero-order valence-corrected chi connectivity index (χ0v) is 35.6. The van der Waals surface area contributed by atoms with Crippen LogP contribution in [0, 0.1) is 108 Å². The molecule has 0 heterocycles. The Hall–Kier alpha value is -10.2. The molecule has 0 saturated carbocycles. The Labute approximate surface area is 388 Å². The van der Waals surface area contributed by atoms with E-state index in [0.29, 0.717) is 0 Å². The smallest absolute Gasteiger partial charge is 0.0405 e. The Bertz CT molecular complexity index is 3470. The molecule has 8 aromatic carbocycles. The molecule has 0 N–H and O–H groups in total. The molecule has 8 aromatic rings. The predicted molar refractivity (Wildman–Crippen MR) is 269 cm³/mol. The van der Waals surface area contributed by atoms with Gasteiger partial charge in [-0.15, -0.1) is 12.8 Å². The number of rotatable bonds is 0. The Morgan fingerprint density at radius 2 is 0.242 bits per heavy atom. The van der Waals surface area contributed by atoms with Gasteiger partial charge in [-0.3, -0.25) is 0 Å². The van der Waals surface area contributed by atoms with Crippen molar-refractivity contribution >= 4 is 0 Å². The molecule has 0 fully saturated rings. The molecule has 0 aromatic heterocycles. The predicted octanol–water partition coefficient (Wildman–Crippen LogP) is 11.4. The number of hydrogen-bond acceptors (Lipinski definition) is 0. The summed E-state index contributed by atoms with van der Waals surface area (Å²) in [7, 11) is 0. The van der Waals surface area contributed by atoms with Crippen molar-refractivity contribution in [3.05, 3.63) is 283 Å². The number of hydrogen-bond donors (Lipinski definition) is 0. The van der Waals surface area contributed by atoms with E-state index < -0.39 is 0 Å². The molecular formula is C66H34. The first-order valence-electron chi connectivity index (χ1n) is 20.9. The highest BCUT2D eigenvalue weighted by molar-refractivity contribution is 5.63. The summed E-state index contributed by atoms with van der Waals surface area (Å²) >= 11 is 0. The summed E-state index contributed by atoms with van der Waals surface area (Å²) in [6.45, 7) is 0. The van der Waals surface area contributed by atoms with Crippen LogP contribution in [0.5, 0.6) is 0 Å². The zero-order valence-electron chi connectivity index (χ0n) is 35.6. The molecule has 0 amide bonds. The van der Waals surface area contributed by atoms with Gasteiger partial charge in [0, 0.05) is 89.0 Å². The van der Waals surface area contributed by atoms with Crippen LogP contribution < -0.4 is 0 Å². The van der Waals surface area contributed by atoms with Crippen LogP contribution in [0.15, 0.2) is 194 Å². The molecule has 0 nitrogen and oxygen atoms in total. The van der Waals surface area contributed by atoms with Gasteiger partial charge in [-0.05, 0) is 97.1 Å². The molecule has 0 bridgehead atoms. The second-order valence-electron chi connectivity index (χ2n) is 14.4. The van der Waals surface area contributed by atoms with Gasteiger partial charge in [0.15, 0.2) is 0 Å². The van der Waals surface area contributed by atoms with Crippen molar-refractivity contribution in [2.75, 3.05) is 0 Å². The summed E-state index contributed by atoms with van der Waals surface area (Å²) < 4.78 is 0. The first-order chi connectivity index (χ1) is 32.6. The van der Waals surface area contributed by atoms with Crippen LogP contribution in [-0.2, 0) is 0 Å². The number of terminal acetylenes is 2. The van der Waals surface area contributed by atoms with Crippen molar-refractivity contribution < 1.29 is 0 Å². The maximum absolute atomic E-state index is 5.69. The Morgan fingerprint density at radius 1 is 0.152 bits per heavy atom. The van der Waals surface area contributed by atoms with E-state index in [1.807, 2.05) is 194 Å². The largest absolute Gasteiger partial charge is 0.115 e. The Kier molecular flexibility index (Phi) is 13.9. The van der Waals surface area contributed by atoms with E-state index in [1.165, 1.54) is 0 Å². The fourth-order valence-electron chi connectivity index (χ4n) is 6.59. The highest BCUT2D eigenvalue weighted by Crippen LogP contribution is 2.15. The monoisotopic (exact) mass is 826 g/mol. The molecule has 298 valence electrons. The number of benzene rings is 8. The summed E-state index contributed by atoms with van der Waals surface area (Å²) in [5.74, 6) is 51.9. The van der Waals surface area contributed by atoms with Crippen LogP contribution in [0.1, 0.15) is 89.0 Å². The molecule has 0 heteroatoms. The van der Waals surface area contributed by atoms with E-state index >= 15 is 0 Å². The van der Waals surface area contributed by atoms with Crippen LogP contribution in [0.25, 0.3) is 0 Å². The van der Waals surface area contributed by atoms with E-state index in [1.54, 1.807) is 0 Å². The topological polar surface area (TPSA) is 0 Å². The van der Waals surface area contributed by atoms with Gasteiger partial charge in [-0.1, -0.05) is 192 Å². The first-order valence-corrected chi connectivity index (χ1v) is 20.9. The summed E-state index contributed by atoms with van der Waals surface area (Å²) in [6, 6.07) is 62.5. The van der Waals surface area contributed by atoms with Crippen molar-refractivity contribution in [2.24, 2.45) is 0 Å². The SMILES string of the molecule is C#Cc1ccccc1C#Cc1ccccc1C#Cc1ccccc1C#Cc1ccccc1C#Cc1ccccc1C#Cc1ccccc1C#Cc1ccccc1C#Cc1ccccc1C#C. The third-order valence-electron chi connectivity index (χ3n) is 10.1. The van der Waals surface area contributed by atoms with Gasteiger partial charge in [0.05, 0.1) is 0 Å². The van der Waals surface area contributed by atoms with Crippen LogP contribution in [0.2, 0.25) is 0 Å². The minimum Gasteiger partial charge on any atom is -0.115 e. The lowest BCUT2D eigenvalue weighted by molar-refractivity contribution is 1.55. The maximum atomic E-state index is 5.69. The van der Waals surface area contributed by atoms with Crippen LogP contribution in [-0.4, -0.2) is 0 Å². The molecule has 66 heavy (non-hydrogen) atoms. The van der Waals surface area contributed by atoms with Gasteiger partial charge in [0.25, 0.3) is 0 Å². The lowest BCUT2D eigenvalue weighted by Gasteiger charge is -1.99. The van der Waals surface area contributed by atoms with Gasteiger partial charge in [-0.25, -0.2) is 0 Å². The van der Waals surface area contributed by atoms with Crippen molar-refractivity contribution in [1.29, 1.82) is 0 Å². The fourth-order valence-corrected chi connectivity index (χ4v) is 6.59. The standard InChI is InChI=1S/C66H34/c1-3-51-21-5-7-23-53(51)37-39-55-25-9-11-27-57(55)41-43-59-29-13-15-31-61(59)45-47-63-33-17-19-35-65(63)49-50-66-36-20-18-34-64(66)48-46-62-32-16-14-30-60(62)44-42-58-28-12-10-26-56(58)40-38-54-24-8-6-22-52(54)4-2/h1-2,5-36H. The highest BCUT2D eigenvalue weighted by Gasteiger charge is 2.03. The summed E-state index contributed by atoms with van der Waals surface area (Å²) in [5.41, 5.74) is 12.9. The molecule has 0 radical (unpaired) electrons. The fraction of sp³-hybridized carbons (Fsp3) is 0. The molecule has 0 aliphatic carbocycles. The minimum atomic E-state index is 0.759. The molecular weight excluding hydrogens is 793 g/mol. The molecule has 0 saturated heterocycles. The third-order valence-corrected chi connectivity index (χ3v) is 10.1. The first kappa shape index (κ1) is 42.5. The summed E-state index contributed by atoms with van der Waals surface area (Å²) in [6.07, 6.45) is 11.4. The van der Waals surface area contributed by atoms with E-state index in [9.17, 15) is 0 Å². The molecule has 0 spiro atoms. The molecule has 8 rings (SSSR count). The zero-order chi connectivity index (χ0) is 45.2. The van der Waals surface area contributed by atoms with Crippen LogP contribution in [0.4, 0.5) is 0 Å². The summed E-state index contributed by atoms with van der Waals surface area (Å²) in [4.78, 5) is 0. The van der Waals surface area contributed by atoms with Crippen molar-refractivity contribution in [1.82, 2.24) is 0 Å². The Balaban J connectivity index is 1.03. The van der Waals surface area contributed by atoms with Crippen molar-refractivity contribution in [3.63, 3.8) is 0 Å². The average molecular weight is 827 g/mol. The van der Waals surface area contributed by atoms with E-state index in [-0.39, 0.29) is 0 Å². The van der Waals surface area contributed by atoms with Crippen LogP contribution >= 0.6 is 0 Å².